The Balaban J connectivity index is 1.70. The number of aromatic nitrogens is 2. The van der Waals surface area contributed by atoms with Gasteiger partial charge in [-0.05, 0) is 24.5 Å². The Hall–Kier alpha value is -2.58. The van der Waals surface area contributed by atoms with Crippen molar-refractivity contribution in [1.82, 2.24) is 15.7 Å². The highest BCUT2D eigenvalue weighted by atomic mass is 32.1. The number of anilines is 1. The molecule has 1 aromatic heterocycles. The van der Waals surface area contributed by atoms with Crippen molar-refractivity contribution in [3.8, 4) is 0 Å². The first-order valence-electron chi connectivity index (χ1n) is 7.97. The van der Waals surface area contributed by atoms with E-state index in [1.165, 1.54) is 11.3 Å². The topological polar surface area (TPSA) is 104 Å². The number of unbranched alkanes of at least 4 members (excludes halogenated alkanes) is 2. The summed E-state index contributed by atoms with van der Waals surface area (Å²) in [4.78, 5) is 22.7. The molecule has 0 aliphatic rings. The summed E-state index contributed by atoms with van der Waals surface area (Å²) in [6.07, 6.45) is 6.45. The highest BCUT2D eigenvalue weighted by Crippen LogP contribution is 2.18. The summed E-state index contributed by atoms with van der Waals surface area (Å²) >= 11 is 1.31. The molecule has 2 rings (SSSR count). The lowest BCUT2D eigenvalue weighted by Gasteiger charge is -2.01. The average Bonchev–Trinajstić information content (AvgIpc) is 3.07. The van der Waals surface area contributed by atoms with Gasteiger partial charge in [0, 0.05) is 12.8 Å². The second-order valence-corrected chi connectivity index (χ2v) is 6.34. The number of nitrogens with one attached hydrogen (secondary N) is 2. The van der Waals surface area contributed by atoms with Crippen LogP contribution in [0.1, 0.15) is 42.7 Å². The zero-order valence-corrected chi connectivity index (χ0v) is 14.5. The number of carbonyl (C=O) groups excluding carboxylic acids is 2. The molecule has 0 saturated carbocycles. The molecule has 0 spiro atoms. The van der Waals surface area contributed by atoms with E-state index in [9.17, 15) is 9.59 Å². The Morgan fingerprint density at radius 1 is 1.00 bits per heavy atom. The Kier molecular flexibility index (Phi) is 7.74. The molecule has 0 saturated heterocycles. The Morgan fingerprint density at radius 3 is 2.44 bits per heavy atom. The molecule has 2 aromatic rings. The van der Waals surface area contributed by atoms with Crippen molar-refractivity contribution >= 4 is 40.4 Å². The summed E-state index contributed by atoms with van der Waals surface area (Å²) in [7, 11) is 0. The van der Waals surface area contributed by atoms with Gasteiger partial charge in [0.15, 0.2) is 0 Å². The normalized spacial score (nSPS) is 10.8. The second kappa shape index (κ2) is 10.3. The minimum atomic E-state index is -0.408. The van der Waals surface area contributed by atoms with Gasteiger partial charge in [-0.2, -0.15) is 0 Å². The third kappa shape index (κ3) is 7.23. The maximum atomic E-state index is 11.8. The number of rotatable bonds is 9. The first kappa shape index (κ1) is 18.8. The lowest BCUT2D eigenvalue weighted by Crippen LogP contribution is -2.17. The lowest BCUT2D eigenvalue weighted by atomic mass is 10.1. The molecule has 0 aliphatic heterocycles. The first-order valence-corrected chi connectivity index (χ1v) is 8.78. The van der Waals surface area contributed by atoms with Gasteiger partial charge in [-0.1, -0.05) is 54.2 Å². The van der Waals surface area contributed by atoms with Crippen molar-refractivity contribution in [3.05, 3.63) is 40.9 Å². The number of nitrogens with zero attached hydrogens (tertiary/aromatic N) is 2. The standard InChI is InChI=1S/C17H20N4O3S/c22-14(9-5-2-6-10-15(23)21-24)18-17-20-19-16(25-17)12-11-13-7-3-1-4-8-13/h1,3-4,7-8,11-12,24H,2,5-6,9-10H2,(H,21,23)(H,18,20,22)/b12-11+. The van der Waals surface area contributed by atoms with E-state index < -0.39 is 5.91 Å². The molecule has 0 aliphatic carbocycles. The van der Waals surface area contributed by atoms with Gasteiger partial charge in [0.05, 0.1) is 0 Å². The highest BCUT2D eigenvalue weighted by molar-refractivity contribution is 7.16. The van der Waals surface area contributed by atoms with Crippen LogP contribution in [-0.2, 0) is 9.59 Å². The minimum absolute atomic E-state index is 0.124. The van der Waals surface area contributed by atoms with Crippen LogP contribution in [0.15, 0.2) is 30.3 Å². The van der Waals surface area contributed by atoms with Crippen molar-refractivity contribution in [2.75, 3.05) is 5.32 Å². The maximum Gasteiger partial charge on any atom is 0.243 e. The van der Waals surface area contributed by atoms with Gasteiger partial charge in [-0.15, -0.1) is 10.2 Å². The number of carbonyl (C=O) groups is 2. The summed E-state index contributed by atoms with van der Waals surface area (Å²) < 4.78 is 0. The van der Waals surface area contributed by atoms with E-state index in [4.69, 9.17) is 5.21 Å². The number of hydrogen-bond acceptors (Lipinski definition) is 6. The molecule has 1 heterocycles. The molecule has 0 radical (unpaired) electrons. The molecule has 8 heteroatoms. The van der Waals surface area contributed by atoms with Crippen LogP contribution in [0.3, 0.4) is 0 Å². The van der Waals surface area contributed by atoms with E-state index in [-0.39, 0.29) is 12.3 Å². The second-order valence-electron chi connectivity index (χ2n) is 5.33. The van der Waals surface area contributed by atoms with E-state index in [1.807, 2.05) is 42.5 Å². The highest BCUT2D eigenvalue weighted by Gasteiger charge is 2.07. The fourth-order valence-corrected chi connectivity index (χ4v) is 2.73. The molecular weight excluding hydrogens is 340 g/mol. The van der Waals surface area contributed by atoms with Crippen molar-refractivity contribution in [2.45, 2.75) is 32.1 Å². The molecule has 3 N–H and O–H groups in total. The van der Waals surface area contributed by atoms with Gasteiger partial charge in [0.1, 0.15) is 5.01 Å². The Labute approximate surface area is 149 Å². The van der Waals surface area contributed by atoms with Gasteiger partial charge < -0.3 is 5.32 Å². The van der Waals surface area contributed by atoms with Crippen LogP contribution >= 0.6 is 11.3 Å². The van der Waals surface area contributed by atoms with Crippen molar-refractivity contribution < 1.29 is 14.8 Å². The molecule has 1 aromatic carbocycles. The Bertz CT molecular complexity index is 716. The van der Waals surface area contributed by atoms with E-state index in [1.54, 1.807) is 5.48 Å². The summed E-state index contributed by atoms with van der Waals surface area (Å²) in [6, 6.07) is 9.86. The summed E-state index contributed by atoms with van der Waals surface area (Å²) in [5.74, 6) is -0.532. The molecule has 7 nitrogen and oxygen atoms in total. The average molecular weight is 360 g/mol. The monoisotopic (exact) mass is 360 g/mol. The fraction of sp³-hybridized carbons (Fsp3) is 0.294. The van der Waals surface area contributed by atoms with Crippen molar-refractivity contribution in [1.29, 1.82) is 0 Å². The SMILES string of the molecule is O=C(CCCCCC(=O)Nc1nnc(/C=C/c2ccccc2)s1)NO. The van der Waals surface area contributed by atoms with Crippen LogP contribution < -0.4 is 10.8 Å². The van der Waals surface area contributed by atoms with E-state index in [0.29, 0.717) is 29.4 Å². The minimum Gasteiger partial charge on any atom is -0.301 e. The van der Waals surface area contributed by atoms with Crippen LogP contribution in [-0.4, -0.2) is 27.2 Å². The molecule has 132 valence electrons. The summed E-state index contributed by atoms with van der Waals surface area (Å²) in [5, 5.41) is 20.3. The van der Waals surface area contributed by atoms with E-state index >= 15 is 0 Å². The zero-order chi connectivity index (χ0) is 17.9. The van der Waals surface area contributed by atoms with Gasteiger partial charge >= 0.3 is 0 Å². The molecule has 0 unspecified atom stereocenters. The number of benzene rings is 1. The summed E-state index contributed by atoms with van der Waals surface area (Å²) in [5.41, 5.74) is 2.65. The molecular formula is C17H20N4O3S. The summed E-state index contributed by atoms with van der Waals surface area (Å²) in [6.45, 7) is 0. The Morgan fingerprint density at radius 2 is 1.72 bits per heavy atom. The first-order chi connectivity index (χ1) is 12.2. The third-order valence-electron chi connectivity index (χ3n) is 3.34. The van der Waals surface area contributed by atoms with Crippen LogP contribution in [0.4, 0.5) is 5.13 Å². The molecule has 2 amide bonds. The number of hydroxylamine groups is 1. The molecule has 0 bridgehead atoms. The number of amides is 2. The van der Waals surface area contributed by atoms with Gasteiger partial charge in [-0.3, -0.25) is 14.8 Å². The number of hydrogen-bond donors (Lipinski definition) is 3. The predicted molar refractivity (Wildman–Crippen MR) is 96.9 cm³/mol. The molecule has 0 fully saturated rings. The van der Waals surface area contributed by atoms with E-state index in [0.717, 1.165) is 12.0 Å². The van der Waals surface area contributed by atoms with Crippen molar-refractivity contribution in [3.63, 3.8) is 0 Å². The fourth-order valence-electron chi connectivity index (χ4n) is 2.07. The zero-order valence-electron chi connectivity index (χ0n) is 13.6. The lowest BCUT2D eigenvalue weighted by molar-refractivity contribution is -0.129. The van der Waals surface area contributed by atoms with Gasteiger partial charge in [0.2, 0.25) is 16.9 Å². The van der Waals surface area contributed by atoms with Gasteiger partial charge in [-0.25, -0.2) is 5.48 Å². The van der Waals surface area contributed by atoms with Crippen LogP contribution in [0.25, 0.3) is 12.2 Å². The van der Waals surface area contributed by atoms with Crippen LogP contribution in [0.2, 0.25) is 0 Å². The van der Waals surface area contributed by atoms with Gasteiger partial charge in [0.25, 0.3) is 0 Å². The third-order valence-corrected chi connectivity index (χ3v) is 4.14. The quantitative estimate of drug-likeness (QED) is 0.362. The largest absolute Gasteiger partial charge is 0.301 e. The van der Waals surface area contributed by atoms with Crippen LogP contribution in [0, 0.1) is 0 Å². The predicted octanol–water partition coefficient (Wildman–Crippen LogP) is 3.10. The van der Waals surface area contributed by atoms with Crippen LogP contribution in [0.5, 0.6) is 0 Å². The maximum absolute atomic E-state index is 11.8. The van der Waals surface area contributed by atoms with E-state index in [2.05, 4.69) is 15.5 Å². The van der Waals surface area contributed by atoms with Crippen molar-refractivity contribution in [2.24, 2.45) is 0 Å². The molecule has 0 atom stereocenters. The smallest absolute Gasteiger partial charge is 0.243 e. The molecule has 25 heavy (non-hydrogen) atoms.